The first-order chi connectivity index (χ1) is 16.8. The second kappa shape index (κ2) is 9.16. The van der Waals surface area contributed by atoms with Crippen LogP contribution in [0.25, 0.3) is 27.8 Å². The fourth-order valence-electron chi connectivity index (χ4n) is 5.03. The normalized spacial score (nSPS) is 12.5. The van der Waals surface area contributed by atoms with Crippen molar-refractivity contribution in [1.29, 1.82) is 0 Å². The molecule has 0 saturated heterocycles. The summed E-state index contributed by atoms with van der Waals surface area (Å²) < 4.78 is 3.93. The average molecular weight is 465 g/mol. The number of hydrogen-bond donors (Lipinski definition) is 1. The molecule has 0 saturated carbocycles. The first-order valence-corrected chi connectivity index (χ1v) is 12.2. The van der Waals surface area contributed by atoms with E-state index in [9.17, 15) is 5.11 Å². The van der Waals surface area contributed by atoms with Crippen molar-refractivity contribution in [2.75, 3.05) is 0 Å². The molecule has 0 unspecified atom stereocenters. The summed E-state index contributed by atoms with van der Waals surface area (Å²) >= 11 is 0. The van der Waals surface area contributed by atoms with E-state index in [4.69, 9.17) is 10.2 Å². The van der Waals surface area contributed by atoms with Crippen LogP contribution in [0.5, 0.6) is 0 Å². The van der Waals surface area contributed by atoms with E-state index in [0.717, 1.165) is 39.1 Å². The third-order valence-corrected chi connectivity index (χ3v) is 6.72. The van der Waals surface area contributed by atoms with Gasteiger partial charge in [-0.25, -0.2) is 4.68 Å². The molecule has 35 heavy (non-hydrogen) atoms. The summed E-state index contributed by atoms with van der Waals surface area (Å²) in [6.45, 7) is 11.3. The lowest BCUT2D eigenvalue weighted by molar-refractivity contribution is 0.152. The van der Waals surface area contributed by atoms with E-state index in [1.165, 1.54) is 16.7 Å². The van der Waals surface area contributed by atoms with Crippen LogP contribution >= 0.6 is 0 Å². The molecule has 1 N–H and O–H groups in total. The Hall–Kier alpha value is -3.70. The first kappa shape index (κ1) is 23.1. The Kier molecular flexibility index (Phi) is 6.03. The van der Waals surface area contributed by atoms with E-state index in [1.54, 1.807) is 0 Å². The van der Waals surface area contributed by atoms with Gasteiger partial charge in [-0.15, -0.1) is 0 Å². The Balaban J connectivity index is 1.61. The summed E-state index contributed by atoms with van der Waals surface area (Å²) in [5.41, 5.74) is 9.81. The molecule has 2 heterocycles. The van der Waals surface area contributed by atoms with E-state index in [1.807, 2.05) is 53.3 Å². The highest BCUT2D eigenvalue weighted by molar-refractivity contribution is 5.94. The van der Waals surface area contributed by atoms with Crippen molar-refractivity contribution < 1.29 is 5.11 Å². The zero-order valence-corrected chi connectivity index (χ0v) is 21.0. The molecule has 0 bridgehead atoms. The summed E-state index contributed by atoms with van der Waals surface area (Å²) in [6.07, 6.45) is 1.41. The molecule has 5 heteroatoms. The van der Waals surface area contributed by atoms with Crippen molar-refractivity contribution in [2.24, 2.45) is 0 Å². The SMILES string of the molecule is Cc1ccc(-n2nc(-c3cccc4nn(C[C@H](O)c5ccccc5)cc34)c(C(C)C)c2C)c(C)c1. The van der Waals surface area contributed by atoms with Crippen LogP contribution in [0.2, 0.25) is 0 Å². The first-order valence-electron chi connectivity index (χ1n) is 12.2. The van der Waals surface area contributed by atoms with Gasteiger partial charge in [-0.1, -0.05) is 74.0 Å². The highest BCUT2D eigenvalue weighted by Gasteiger charge is 2.22. The molecule has 2 aromatic heterocycles. The van der Waals surface area contributed by atoms with Crippen molar-refractivity contribution in [3.63, 3.8) is 0 Å². The van der Waals surface area contributed by atoms with Gasteiger partial charge < -0.3 is 5.11 Å². The number of nitrogens with zero attached hydrogens (tertiary/aromatic N) is 4. The van der Waals surface area contributed by atoms with Crippen LogP contribution in [-0.2, 0) is 6.54 Å². The minimum atomic E-state index is -0.619. The molecule has 0 amide bonds. The van der Waals surface area contributed by atoms with E-state index in [2.05, 4.69) is 63.6 Å². The summed E-state index contributed by atoms with van der Waals surface area (Å²) in [4.78, 5) is 0. The summed E-state index contributed by atoms with van der Waals surface area (Å²) in [6, 6.07) is 22.4. The second-order valence-electron chi connectivity index (χ2n) is 9.72. The maximum absolute atomic E-state index is 10.7. The zero-order valence-electron chi connectivity index (χ0n) is 21.0. The Bertz CT molecular complexity index is 1490. The molecule has 3 aromatic carbocycles. The molecule has 5 aromatic rings. The fraction of sp³-hybridized carbons (Fsp3) is 0.267. The molecule has 0 fully saturated rings. The molecule has 0 radical (unpaired) electrons. The van der Waals surface area contributed by atoms with Crippen LogP contribution in [0.3, 0.4) is 0 Å². The Morgan fingerprint density at radius 2 is 1.66 bits per heavy atom. The summed E-state index contributed by atoms with van der Waals surface area (Å²) in [5.74, 6) is 0.315. The number of aryl methyl sites for hydroxylation is 2. The molecule has 5 nitrogen and oxygen atoms in total. The largest absolute Gasteiger partial charge is 0.386 e. The molecule has 0 aliphatic carbocycles. The number of benzene rings is 3. The second-order valence-corrected chi connectivity index (χ2v) is 9.72. The molecule has 5 rings (SSSR count). The van der Waals surface area contributed by atoms with Crippen molar-refractivity contribution in [1.82, 2.24) is 19.6 Å². The minimum absolute atomic E-state index is 0.315. The van der Waals surface area contributed by atoms with Gasteiger partial charge in [-0.05, 0) is 49.9 Å². The highest BCUT2D eigenvalue weighted by atomic mass is 16.3. The molecule has 0 aliphatic rings. The van der Waals surface area contributed by atoms with Crippen molar-refractivity contribution >= 4 is 10.9 Å². The Morgan fingerprint density at radius 3 is 2.37 bits per heavy atom. The van der Waals surface area contributed by atoms with Crippen LogP contribution in [0, 0.1) is 20.8 Å². The number of fused-ring (bicyclic) bond motifs is 1. The van der Waals surface area contributed by atoms with Gasteiger partial charge in [0.15, 0.2) is 0 Å². The molecular formula is C30H32N4O. The lowest BCUT2D eigenvalue weighted by atomic mass is 9.95. The fourth-order valence-corrected chi connectivity index (χ4v) is 5.03. The maximum atomic E-state index is 10.7. The van der Waals surface area contributed by atoms with Gasteiger partial charge in [0.05, 0.1) is 29.5 Å². The van der Waals surface area contributed by atoms with Gasteiger partial charge in [0, 0.05) is 28.4 Å². The van der Waals surface area contributed by atoms with E-state index in [-0.39, 0.29) is 0 Å². The van der Waals surface area contributed by atoms with Gasteiger partial charge in [-0.2, -0.15) is 10.2 Å². The third-order valence-electron chi connectivity index (χ3n) is 6.72. The molecule has 0 spiro atoms. The lowest BCUT2D eigenvalue weighted by Gasteiger charge is -2.11. The van der Waals surface area contributed by atoms with Gasteiger partial charge >= 0.3 is 0 Å². The average Bonchev–Trinajstić information content (AvgIpc) is 3.40. The Morgan fingerprint density at radius 1 is 0.886 bits per heavy atom. The zero-order chi connectivity index (χ0) is 24.7. The number of rotatable bonds is 6. The van der Waals surface area contributed by atoms with Gasteiger partial charge in [0.25, 0.3) is 0 Å². The standard InChI is InChI=1S/C30H32N4O/c1-19(2)29-22(5)34(27-15-14-20(3)16-21(27)4)32-30(29)24-12-9-13-26-25(24)17-33(31-26)18-28(35)23-10-7-6-8-11-23/h6-17,19,28,35H,18H2,1-5H3/t28-/m0/s1. The van der Waals surface area contributed by atoms with Crippen LogP contribution in [-0.4, -0.2) is 24.7 Å². The summed E-state index contributed by atoms with van der Waals surface area (Å²) in [5, 5.41) is 21.7. The maximum Gasteiger partial charge on any atom is 0.0985 e. The predicted octanol–water partition coefficient (Wildman–Crippen LogP) is 6.67. The lowest BCUT2D eigenvalue weighted by Crippen LogP contribution is -2.08. The van der Waals surface area contributed by atoms with Gasteiger partial charge in [0.1, 0.15) is 0 Å². The summed E-state index contributed by atoms with van der Waals surface area (Å²) in [7, 11) is 0. The van der Waals surface area contributed by atoms with Crippen LogP contribution in [0.15, 0.2) is 72.9 Å². The van der Waals surface area contributed by atoms with Crippen LogP contribution < -0.4 is 0 Å². The number of aliphatic hydroxyl groups excluding tert-OH is 1. The topological polar surface area (TPSA) is 55.9 Å². The third kappa shape index (κ3) is 4.28. The minimum Gasteiger partial charge on any atom is -0.386 e. The van der Waals surface area contributed by atoms with E-state index < -0.39 is 6.10 Å². The van der Waals surface area contributed by atoms with Crippen molar-refractivity contribution in [2.45, 2.75) is 53.2 Å². The van der Waals surface area contributed by atoms with Crippen LogP contribution in [0.1, 0.15) is 53.8 Å². The smallest absolute Gasteiger partial charge is 0.0985 e. The molecule has 0 aliphatic heterocycles. The number of aliphatic hydroxyl groups is 1. The highest BCUT2D eigenvalue weighted by Crippen LogP contribution is 2.36. The molecule has 1 atom stereocenters. The van der Waals surface area contributed by atoms with E-state index >= 15 is 0 Å². The van der Waals surface area contributed by atoms with Gasteiger partial charge in [0.2, 0.25) is 0 Å². The van der Waals surface area contributed by atoms with Gasteiger partial charge in [-0.3, -0.25) is 4.68 Å². The van der Waals surface area contributed by atoms with Crippen LogP contribution in [0.4, 0.5) is 0 Å². The molecular weight excluding hydrogens is 432 g/mol. The Labute approximate surface area is 206 Å². The predicted molar refractivity (Wildman–Crippen MR) is 142 cm³/mol. The number of aromatic nitrogens is 4. The molecule has 178 valence electrons. The van der Waals surface area contributed by atoms with E-state index in [0.29, 0.717) is 12.5 Å². The van der Waals surface area contributed by atoms with Crippen molar-refractivity contribution in [3.8, 4) is 16.9 Å². The van der Waals surface area contributed by atoms with Crippen molar-refractivity contribution in [3.05, 3.63) is 101 Å². The quantitative estimate of drug-likeness (QED) is 0.305. The number of hydrogen-bond acceptors (Lipinski definition) is 3. The monoisotopic (exact) mass is 464 g/mol.